The zero-order valence-corrected chi connectivity index (χ0v) is 15.2. The first-order valence-electron chi connectivity index (χ1n) is 8.23. The van der Waals surface area contributed by atoms with Crippen LogP contribution >= 0.6 is 0 Å². The summed E-state index contributed by atoms with van der Waals surface area (Å²) in [6, 6.07) is 4.20. The maximum Gasteiger partial charge on any atom is 0.416 e. The third kappa shape index (κ3) is 4.08. The summed E-state index contributed by atoms with van der Waals surface area (Å²) in [6.07, 6.45) is -8.83. The second-order valence-corrected chi connectivity index (χ2v) is 6.38. The molecule has 0 saturated heterocycles. The minimum Gasteiger partial charge on any atom is -0.493 e. The Labute approximate surface area is 161 Å². The summed E-state index contributed by atoms with van der Waals surface area (Å²) in [6.45, 7) is 0. The number of benzene rings is 2. The quantitative estimate of drug-likeness (QED) is 0.485. The lowest BCUT2D eigenvalue weighted by Gasteiger charge is -2.13. The predicted octanol–water partition coefficient (Wildman–Crippen LogP) is 5.56. The molecule has 0 unspecified atom stereocenters. The van der Waals surface area contributed by atoms with Gasteiger partial charge in [-0.2, -0.15) is 26.3 Å². The number of alkyl halides is 6. The number of rotatable bonds is 3. The molecule has 154 valence electrons. The number of Topliss-reactive ketones (excluding diaryl/α,β-unsaturated/α-hetero) is 1. The number of hydrogen-bond acceptors (Lipinski definition) is 3. The summed E-state index contributed by atoms with van der Waals surface area (Å²) in [7, 11) is 2.78. The van der Waals surface area contributed by atoms with E-state index in [-0.39, 0.29) is 29.2 Å². The van der Waals surface area contributed by atoms with E-state index >= 15 is 0 Å². The van der Waals surface area contributed by atoms with Gasteiger partial charge in [0.15, 0.2) is 17.3 Å². The number of allylic oxidation sites excluding steroid dienone is 1. The van der Waals surface area contributed by atoms with E-state index in [0.29, 0.717) is 29.2 Å². The molecule has 0 N–H and O–H groups in total. The van der Waals surface area contributed by atoms with Crippen molar-refractivity contribution in [3.63, 3.8) is 0 Å². The highest BCUT2D eigenvalue weighted by Crippen LogP contribution is 2.39. The van der Waals surface area contributed by atoms with Crippen LogP contribution in [0.5, 0.6) is 11.5 Å². The Balaban J connectivity index is 2.07. The second-order valence-electron chi connectivity index (χ2n) is 6.38. The van der Waals surface area contributed by atoms with Crippen molar-refractivity contribution in [1.29, 1.82) is 0 Å². The molecule has 9 heteroatoms. The van der Waals surface area contributed by atoms with Crippen LogP contribution in [0.25, 0.3) is 6.08 Å². The molecule has 0 radical (unpaired) electrons. The fraction of sp³-hybridized carbons (Fsp3) is 0.250. The predicted molar refractivity (Wildman–Crippen MR) is 92.0 cm³/mol. The van der Waals surface area contributed by atoms with Crippen LogP contribution in [0.4, 0.5) is 26.3 Å². The lowest BCUT2D eigenvalue weighted by Crippen LogP contribution is -2.11. The first kappa shape index (κ1) is 20.8. The van der Waals surface area contributed by atoms with Crippen molar-refractivity contribution in [3.8, 4) is 11.5 Å². The molecule has 2 aromatic rings. The van der Waals surface area contributed by atoms with E-state index in [1.54, 1.807) is 6.07 Å². The highest BCUT2D eigenvalue weighted by molar-refractivity contribution is 6.16. The van der Waals surface area contributed by atoms with Gasteiger partial charge in [0.1, 0.15) is 0 Å². The lowest BCUT2D eigenvalue weighted by molar-refractivity contribution is -0.143. The molecule has 0 bridgehead atoms. The Hall–Kier alpha value is -2.97. The first-order chi connectivity index (χ1) is 13.4. The van der Waals surface area contributed by atoms with Crippen molar-refractivity contribution in [3.05, 3.63) is 63.7 Å². The molecular formula is C20H14F6O3. The van der Waals surface area contributed by atoms with Crippen molar-refractivity contribution in [2.45, 2.75) is 18.8 Å². The van der Waals surface area contributed by atoms with Crippen molar-refractivity contribution in [1.82, 2.24) is 0 Å². The van der Waals surface area contributed by atoms with Crippen LogP contribution in [0.3, 0.4) is 0 Å². The summed E-state index contributed by atoms with van der Waals surface area (Å²) in [5.41, 5.74) is -2.36. The maximum absolute atomic E-state index is 13.0. The average molecular weight is 416 g/mol. The normalized spacial score (nSPS) is 15.6. The number of carbonyl (C=O) groups excluding carboxylic acids is 1. The van der Waals surface area contributed by atoms with Gasteiger partial charge in [-0.25, -0.2) is 0 Å². The Kier molecular flexibility index (Phi) is 5.10. The molecule has 0 saturated carbocycles. The first-order valence-corrected chi connectivity index (χ1v) is 8.23. The molecule has 0 spiro atoms. The Morgan fingerprint density at radius 2 is 1.34 bits per heavy atom. The van der Waals surface area contributed by atoms with E-state index in [1.807, 2.05) is 0 Å². The number of ether oxygens (including phenoxy) is 2. The van der Waals surface area contributed by atoms with Crippen molar-refractivity contribution in [2.24, 2.45) is 0 Å². The van der Waals surface area contributed by atoms with Crippen molar-refractivity contribution in [2.75, 3.05) is 14.2 Å². The zero-order chi connectivity index (χ0) is 21.6. The SMILES string of the molecule is COc1cc2c(cc1OC)C(=O)C(=Cc1cc(C(F)(F)F)cc(C(F)(F)F)c1)C2. The third-order valence-electron chi connectivity index (χ3n) is 4.48. The van der Waals surface area contributed by atoms with Crippen LogP contribution in [0.2, 0.25) is 0 Å². The number of halogens is 6. The maximum atomic E-state index is 13.0. The molecule has 1 aliphatic carbocycles. The number of ketones is 1. The van der Waals surface area contributed by atoms with E-state index in [4.69, 9.17) is 9.47 Å². The molecule has 0 aromatic heterocycles. The van der Waals surface area contributed by atoms with Gasteiger partial charge in [-0.3, -0.25) is 4.79 Å². The molecular weight excluding hydrogens is 402 g/mol. The van der Waals surface area contributed by atoms with Crippen LogP contribution in [-0.4, -0.2) is 20.0 Å². The standard InChI is InChI=1S/C20H14F6O3/c1-28-16-7-11-6-12(18(27)15(11)9-17(16)29-2)3-10-4-13(19(21,22)23)8-14(5-10)20(24,25)26/h3-5,7-9H,6H2,1-2H3. The lowest BCUT2D eigenvalue weighted by atomic mass is 10.0. The molecule has 0 atom stereocenters. The van der Waals surface area contributed by atoms with E-state index in [1.165, 1.54) is 20.3 Å². The van der Waals surface area contributed by atoms with Gasteiger partial charge >= 0.3 is 12.4 Å². The number of hydrogen-bond donors (Lipinski definition) is 0. The molecule has 3 rings (SSSR count). The zero-order valence-electron chi connectivity index (χ0n) is 15.2. The molecule has 0 fully saturated rings. The van der Waals surface area contributed by atoms with Gasteiger partial charge in [0.05, 0.1) is 25.3 Å². The minimum absolute atomic E-state index is 0.0446. The second kappa shape index (κ2) is 7.13. The fourth-order valence-electron chi connectivity index (χ4n) is 3.12. The summed E-state index contributed by atoms with van der Waals surface area (Å²) in [4.78, 5) is 12.6. The number of carbonyl (C=O) groups is 1. The van der Waals surface area contributed by atoms with Gasteiger partial charge in [-0.1, -0.05) is 0 Å². The van der Waals surface area contributed by atoms with Gasteiger partial charge in [0.2, 0.25) is 0 Å². The smallest absolute Gasteiger partial charge is 0.416 e. The van der Waals surface area contributed by atoms with Gasteiger partial charge in [-0.05, 0) is 47.5 Å². The monoisotopic (exact) mass is 416 g/mol. The van der Waals surface area contributed by atoms with Gasteiger partial charge in [0, 0.05) is 17.6 Å². The van der Waals surface area contributed by atoms with Crippen LogP contribution in [0.15, 0.2) is 35.9 Å². The summed E-state index contributed by atoms with van der Waals surface area (Å²) < 4.78 is 88.4. The fourth-order valence-corrected chi connectivity index (χ4v) is 3.12. The van der Waals surface area contributed by atoms with Crippen molar-refractivity contribution < 1.29 is 40.6 Å². The van der Waals surface area contributed by atoms with Crippen molar-refractivity contribution >= 4 is 11.9 Å². The Bertz CT molecular complexity index is 970. The van der Waals surface area contributed by atoms with E-state index in [0.717, 1.165) is 6.08 Å². The van der Waals surface area contributed by atoms with Crippen LogP contribution in [-0.2, 0) is 18.8 Å². The van der Waals surface area contributed by atoms with Gasteiger partial charge in [-0.15, -0.1) is 0 Å². The molecule has 0 amide bonds. The molecule has 0 aliphatic heterocycles. The van der Waals surface area contributed by atoms with E-state index < -0.39 is 29.3 Å². The summed E-state index contributed by atoms with van der Waals surface area (Å²) >= 11 is 0. The molecule has 1 aliphatic rings. The highest BCUT2D eigenvalue weighted by Gasteiger charge is 2.37. The van der Waals surface area contributed by atoms with E-state index in [9.17, 15) is 31.1 Å². The van der Waals surface area contributed by atoms with Gasteiger partial charge < -0.3 is 9.47 Å². The highest BCUT2D eigenvalue weighted by atomic mass is 19.4. The van der Waals surface area contributed by atoms with Crippen LogP contribution in [0.1, 0.15) is 32.6 Å². The average Bonchev–Trinajstić information content (AvgIpc) is 2.93. The molecule has 29 heavy (non-hydrogen) atoms. The Morgan fingerprint density at radius 3 is 1.83 bits per heavy atom. The van der Waals surface area contributed by atoms with Crippen LogP contribution < -0.4 is 9.47 Å². The van der Waals surface area contributed by atoms with E-state index in [2.05, 4.69) is 0 Å². The number of fused-ring (bicyclic) bond motifs is 1. The summed E-state index contributed by atoms with van der Waals surface area (Å²) in [5, 5.41) is 0. The number of methoxy groups -OCH3 is 2. The van der Waals surface area contributed by atoms with Gasteiger partial charge in [0.25, 0.3) is 0 Å². The third-order valence-corrected chi connectivity index (χ3v) is 4.48. The Morgan fingerprint density at radius 1 is 0.828 bits per heavy atom. The largest absolute Gasteiger partial charge is 0.493 e. The topological polar surface area (TPSA) is 35.5 Å². The molecule has 2 aromatic carbocycles. The molecule has 3 nitrogen and oxygen atoms in total. The summed E-state index contributed by atoms with van der Waals surface area (Å²) in [5.74, 6) is 0.157. The molecule has 0 heterocycles. The van der Waals surface area contributed by atoms with Crippen LogP contribution in [0, 0.1) is 0 Å². The minimum atomic E-state index is -4.96.